The lowest BCUT2D eigenvalue weighted by Gasteiger charge is -2.19. The Morgan fingerprint density at radius 3 is 2.54 bits per heavy atom. The smallest absolute Gasteiger partial charge is 0.261 e. The lowest BCUT2D eigenvalue weighted by Crippen LogP contribution is -2.36. The monoisotopic (exact) mass is 486 g/mol. The summed E-state index contributed by atoms with van der Waals surface area (Å²) in [7, 11) is 0. The number of hydrogen-bond acceptors (Lipinski definition) is 6. The van der Waals surface area contributed by atoms with E-state index in [0.29, 0.717) is 30.4 Å². The van der Waals surface area contributed by atoms with Crippen LogP contribution in [0.25, 0.3) is 22.0 Å². The predicted octanol–water partition coefficient (Wildman–Crippen LogP) is 4.65. The van der Waals surface area contributed by atoms with Crippen LogP contribution in [0.4, 0.5) is 5.69 Å². The summed E-state index contributed by atoms with van der Waals surface area (Å²) >= 11 is 4.25. The highest BCUT2D eigenvalue weighted by molar-refractivity contribution is 7.80. The van der Waals surface area contributed by atoms with Crippen LogP contribution >= 0.6 is 12.6 Å². The third-order valence-electron chi connectivity index (χ3n) is 5.71. The fraction of sp³-hybridized carbons (Fsp3) is 0.214. The number of nitrogens with two attached hydrogens (primary N) is 1. The van der Waals surface area contributed by atoms with Crippen LogP contribution in [0.1, 0.15) is 12.5 Å². The second kappa shape index (κ2) is 11.7. The molecule has 0 saturated heterocycles. The molecule has 1 aromatic heterocycles. The minimum Gasteiger partial charge on any atom is -0.463 e. The van der Waals surface area contributed by atoms with Crippen LogP contribution in [0, 0.1) is 0 Å². The molecule has 4 N–H and O–H groups in total. The van der Waals surface area contributed by atoms with Crippen molar-refractivity contribution in [1.29, 1.82) is 0 Å². The summed E-state index contributed by atoms with van der Waals surface area (Å²) in [6.45, 7) is 2.64. The number of rotatable bonds is 10. The average Bonchev–Trinajstić information content (AvgIpc) is 2.91. The fourth-order valence-corrected chi connectivity index (χ4v) is 3.86. The Morgan fingerprint density at radius 2 is 1.74 bits per heavy atom. The van der Waals surface area contributed by atoms with E-state index in [4.69, 9.17) is 15.5 Å². The molecular weight excluding hydrogens is 456 g/mol. The molecule has 2 atom stereocenters. The van der Waals surface area contributed by atoms with Crippen molar-refractivity contribution in [1.82, 2.24) is 10.3 Å². The number of nitrogens with one attached hydrogen (secondary N) is 2. The third-order valence-corrected chi connectivity index (χ3v) is 6.18. The van der Waals surface area contributed by atoms with Gasteiger partial charge in [-0.15, -0.1) is 0 Å². The molecule has 1 amide bonds. The highest BCUT2D eigenvalue weighted by Crippen LogP contribution is 2.28. The van der Waals surface area contributed by atoms with Gasteiger partial charge in [-0.2, -0.15) is 12.6 Å². The van der Waals surface area contributed by atoms with Crippen molar-refractivity contribution >= 4 is 35.0 Å². The summed E-state index contributed by atoms with van der Waals surface area (Å²) in [5.41, 5.74) is 9.46. The highest BCUT2D eigenvalue weighted by Gasteiger charge is 2.19. The van der Waals surface area contributed by atoms with E-state index in [1.54, 1.807) is 6.92 Å². The van der Waals surface area contributed by atoms with Crippen LogP contribution in [0.3, 0.4) is 0 Å². The van der Waals surface area contributed by atoms with Gasteiger partial charge in [0.25, 0.3) is 5.91 Å². The van der Waals surface area contributed by atoms with Gasteiger partial charge < -0.3 is 21.1 Å². The van der Waals surface area contributed by atoms with E-state index in [-0.39, 0.29) is 11.9 Å². The normalized spacial score (nSPS) is 12.7. The zero-order chi connectivity index (χ0) is 24.6. The molecular formula is C28H30N4O2S. The van der Waals surface area contributed by atoms with Gasteiger partial charge in [0, 0.05) is 30.4 Å². The first-order chi connectivity index (χ1) is 17.0. The molecule has 6 nitrogen and oxygen atoms in total. The van der Waals surface area contributed by atoms with Crippen molar-refractivity contribution in [2.75, 3.05) is 17.6 Å². The Balaban J connectivity index is 1.49. The number of fused-ring (bicyclic) bond motifs is 1. The van der Waals surface area contributed by atoms with E-state index in [2.05, 4.69) is 41.5 Å². The van der Waals surface area contributed by atoms with Gasteiger partial charge in [-0.25, -0.2) is 4.98 Å². The Labute approximate surface area is 211 Å². The maximum Gasteiger partial charge on any atom is 0.261 e. The Bertz CT molecular complexity index is 1280. The maximum absolute atomic E-state index is 12.9. The molecule has 0 saturated carbocycles. The number of benzene rings is 3. The zero-order valence-corrected chi connectivity index (χ0v) is 20.5. The topological polar surface area (TPSA) is 89.3 Å². The van der Waals surface area contributed by atoms with E-state index in [1.807, 2.05) is 66.7 Å². The van der Waals surface area contributed by atoms with E-state index in [9.17, 15) is 4.79 Å². The molecule has 0 aliphatic rings. The zero-order valence-electron chi connectivity index (χ0n) is 19.6. The van der Waals surface area contributed by atoms with Crippen LogP contribution < -0.4 is 21.1 Å². The number of amides is 1. The van der Waals surface area contributed by atoms with Gasteiger partial charge >= 0.3 is 0 Å². The van der Waals surface area contributed by atoms with Gasteiger partial charge in [0.15, 0.2) is 6.10 Å². The van der Waals surface area contributed by atoms with E-state index < -0.39 is 6.10 Å². The van der Waals surface area contributed by atoms with Crippen molar-refractivity contribution in [2.24, 2.45) is 5.73 Å². The summed E-state index contributed by atoms with van der Waals surface area (Å²) in [6, 6.07) is 27.7. The molecule has 3 aromatic carbocycles. The van der Waals surface area contributed by atoms with Gasteiger partial charge in [-0.05, 0) is 35.4 Å². The molecule has 1 unspecified atom stereocenters. The fourth-order valence-electron chi connectivity index (χ4n) is 3.73. The highest BCUT2D eigenvalue weighted by atomic mass is 32.1. The van der Waals surface area contributed by atoms with Crippen molar-refractivity contribution in [3.8, 4) is 17.1 Å². The third kappa shape index (κ3) is 6.32. The van der Waals surface area contributed by atoms with Gasteiger partial charge in [-0.1, -0.05) is 72.8 Å². The summed E-state index contributed by atoms with van der Waals surface area (Å²) < 4.78 is 6.07. The second-order valence-corrected chi connectivity index (χ2v) is 8.72. The lowest BCUT2D eigenvalue weighted by molar-refractivity contribution is -0.127. The number of aromatic nitrogens is 1. The summed E-state index contributed by atoms with van der Waals surface area (Å²) in [5, 5.41) is 8.52. The molecule has 1 heterocycles. The van der Waals surface area contributed by atoms with Crippen LogP contribution in [-0.4, -0.2) is 35.3 Å². The molecule has 0 radical (unpaired) electrons. The van der Waals surface area contributed by atoms with Gasteiger partial charge in [0.2, 0.25) is 5.88 Å². The quantitative estimate of drug-likeness (QED) is 0.245. The number of carbonyl (C=O) groups excluding carboxylic acids is 1. The van der Waals surface area contributed by atoms with Gasteiger partial charge in [-0.3, -0.25) is 4.79 Å². The van der Waals surface area contributed by atoms with E-state index in [1.165, 1.54) is 0 Å². The maximum atomic E-state index is 12.9. The molecule has 0 bridgehead atoms. The molecule has 4 aromatic rings. The number of pyridine rings is 1. The number of ether oxygens (including phenoxy) is 1. The Morgan fingerprint density at radius 1 is 1.00 bits per heavy atom. The summed E-state index contributed by atoms with van der Waals surface area (Å²) in [6.07, 6.45) is -0.748. The van der Waals surface area contributed by atoms with Gasteiger partial charge in [0.05, 0.1) is 11.4 Å². The number of nitrogens with zero attached hydrogens (tertiary/aromatic N) is 1. The standard InChI is InChI=1S/C28H30N4O2S/c1-19(27(33)31-16-22-12-7-11-20-8-5-6-13-24(20)22)34-28-26(30-17-23(29)18-35)15-14-25(32-28)21-9-3-2-4-10-21/h2-15,19,23,30,35H,16-18,29H2,1H3,(H,31,33)/t19-,23?/m1/s1. The molecule has 0 spiro atoms. The number of hydrogen-bond donors (Lipinski definition) is 4. The van der Waals surface area contributed by atoms with Gasteiger partial charge in [0.1, 0.15) is 0 Å². The molecule has 0 aliphatic carbocycles. The lowest BCUT2D eigenvalue weighted by atomic mass is 10.0. The average molecular weight is 487 g/mol. The van der Waals surface area contributed by atoms with Crippen molar-refractivity contribution in [3.05, 3.63) is 90.5 Å². The largest absolute Gasteiger partial charge is 0.463 e. The summed E-state index contributed by atoms with van der Waals surface area (Å²) in [5.74, 6) is 0.680. The van der Waals surface area contributed by atoms with Crippen molar-refractivity contribution < 1.29 is 9.53 Å². The van der Waals surface area contributed by atoms with E-state index in [0.717, 1.165) is 27.6 Å². The van der Waals surface area contributed by atoms with Crippen LogP contribution in [0.15, 0.2) is 84.9 Å². The first-order valence-electron chi connectivity index (χ1n) is 11.6. The van der Waals surface area contributed by atoms with Crippen LogP contribution in [0.2, 0.25) is 0 Å². The van der Waals surface area contributed by atoms with E-state index >= 15 is 0 Å². The first-order valence-corrected chi connectivity index (χ1v) is 12.3. The van der Waals surface area contributed by atoms with Crippen LogP contribution in [-0.2, 0) is 11.3 Å². The minimum absolute atomic E-state index is 0.124. The molecule has 4 rings (SSSR count). The number of carbonyl (C=O) groups is 1. The van der Waals surface area contributed by atoms with Crippen molar-refractivity contribution in [3.63, 3.8) is 0 Å². The molecule has 35 heavy (non-hydrogen) atoms. The first kappa shape index (κ1) is 24.6. The second-order valence-electron chi connectivity index (χ2n) is 8.35. The molecule has 7 heteroatoms. The SMILES string of the molecule is C[C@@H](Oc1nc(-c2ccccc2)ccc1NCC(N)CS)C(=O)NCc1cccc2ccccc12. The molecule has 180 valence electrons. The predicted molar refractivity (Wildman–Crippen MR) is 146 cm³/mol. The summed E-state index contributed by atoms with van der Waals surface area (Å²) in [4.78, 5) is 17.6. The minimum atomic E-state index is -0.748. The molecule has 0 fully saturated rings. The molecule has 0 aliphatic heterocycles. The number of thiol groups is 1. The van der Waals surface area contributed by atoms with Crippen molar-refractivity contribution in [2.45, 2.75) is 25.6 Å². The number of anilines is 1. The Kier molecular flexibility index (Phi) is 8.23. The van der Waals surface area contributed by atoms with Crippen LogP contribution in [0.5, 0.6) is 5.88 Å². The Hall–Kier alpha value is -3.55.